The molecule has 0 saturated heterocycles. The number of amides is 3. The van der Waals surface area contributed by atoms with Crippen LogP contribution in [0, 0.1) is 0 Å². The van der Waals surface area contributed by atoms with Crippen LogP contribution in [0.4, 0.5) is 11.4 Å². The molecule has 0 aliphatic heterocycles. The fourth-order valence-corrected chi connectivity index (χ4v) is 3.36. The predicted molar refractivity (Wildman–Crippen MR) is 131 cm³/mol. The van der Waals surface area contributed by atoms with Crippen molar-refractivity contribution in [1.82, 2.24) is 15.3 Å². The number of nitrogens with zero attached hydrogens (tertiary/aromatic N) is 1. The maximum Gasteiger partial charge on any atom is 0.257 e. The molecular weight excluding hydrogens is 450 g/mol. The summed E-state index contributed by atoms with van der Waals surface area (Å²) >= 11 is 0. The maximum atomic E-state index is 12.5. The standard InChI is InChI=1S/C25H21N5O5/c1-35-21-11-16(8-9-20(21)30-24(33)15-5-4-10-26-12-15)29-22(31)14-28-25(34)18-13-27-19-7-3-2-6-17(19)23(18)32/h2-13H,14H2,1H3,(H,27,32)(H,28,34)(H,29,31)(H,30,33). The lowest BCUT2D eigenvalue weighted by Gasteiger charge is -2.13. The van der Waals surface area contributed by atoms with Crippen molar-refractivity contribution in [3.05, 3.63) is 94.5 Å². The van der Waals surface area contributed by atoms with Crippen molar-refractivity contribution in [2.24, 2.45) is 0 Å². The number of pyridine rings is 2. The first kappa shape index (κ1) is 23.2. The summed E-state index contributed by atoms with van der Waals surface area (Å²) in [6.07, 6.45) is 4.33. The number of benzene rings is 2. The average Bonchev–Trinajstić information content (AvgIpc) is 2.89. The van der Waals surface area contributed by atoms with E-state index in [0.29, 0.717) is 33.6 Å². The molecule has 0 fully saturated rings. The molecule has 2 heterocycles. The molecule has 0 aliphatic carbocycles. The largest absolute Gasteiger partial charge is 0.494 e. The molecule has 0 bridgehead atoms. The average molecular weight is 471 g/mol. The topological polar surface area (TPSA) is 142 Å². The molecule has 4 aromatic rings. The molecule has 0 unspecified atom stereocenters. The summed E-state index contributed by atoms with van der Waals surface area (Å²) in [4.78, 5) is 56.5. The van der Waals surface area contributed by atoms with Crippen molar-refractivity contribution in [2.75, 3.05) is 24.3 Å². The fourth-order valence-electron chi connectivity index (χ4n) is 3.36. The molecule has 0 spiro atoms. The van der Waals surface area contributed by atoms with E-state index in [1.54, 1.807) is 54.7 Å². The second-order valence-corrected chi connectivity index (χ2v) is 7.42. The fraction of sp³-hybridized carbons (Fsp3) is 0.0800. The highest BCUT2D eigenvalue weighted by Crippen LogP contribution is 2.28. The molecule has 0 aliphatic rings. The summed E-state index contributed by atoms with van der Waals surface area (Å²) in [5, 5.41) is 8.19. The van der Waals surface area contributed by atoms with E-state index in [0.717, 1.165) is 0 Å². The molecule has 10 heteroatoms. The quantitative estimate of drug-likeness (QED) is 0.326. The minimum Gasteiger partial charge on any atom is -0.494 e. The van der Waals surface area contributed by atoms with E-state index in [-0.39, 0.29) is 18.0 Å². The van der Waals surface area contributed by atoms with Gasteiger partial charge in [-0.3, -0.25) is 24.2 Å². The van der Waals surface area contributed by atoms with Crippen LogP contribution in [0.25, 0.3) is 10.9 Å². The number of hydrogen-bond acceptors (Lipinski definition) is 6. The number of carbonyl (C=O) groups is 3. The van der Waals surface area contributed by atoms with E-state index in [1.165, 1.54) is 25.6 Å². The lowest BCUT2D eigenvalue weighted by molar-refractivity contribution is -0.115. The molecule has 3 amide bonds. The minimum atomic E-state index is -0.668. The SMILES string of the molecule is COc1cc(NC(=O)CNC(=O)c2c[nH]c3ccccc3c2=O)ccc1NC(=O)c1cccnc1. The van der Waals surface area contributed by atoms with Gasteiger partial charge in [0, 0.05) is 41.2 Å². The van der Waals surface area contributed by atoms with Gasteiger partial charge in [-0.15, -0.1) is 0 Å². The third kappa shape index (κ3) is 5.33. The van der Waals surface area contributed by atoms with Crippen LogP contribution in [0.5, 0.6) is 5.75 Å². The zero-order valence-corrected chi connectivity index (χ0v) is 18.6. The van der Waals surface area contributed by atoms with Crippen LogP contribution < -0.4 is 26.1 Å². The predicted octanol–water partition coefficient (Wildman–Crippen LogP) is 2.55. The Morgan fingerprint density at radius 2 is 1.83 bits per heavy atom. The van der Waals surface area contributed by atoms with Gasteiger partial charge in [0.05, 0.1) is 24.9 Å². The number of aromatic amines is 1. The number of hydrogen-bond donors (Lipinski definition) is 4. The number of carbonyl (C=O) groups excluding carboxylic acids is 3. The Balaban J connectivity index is 1.38. The Labute approximate surface area is 199 Å². The van der Waals surface area contributed by atoms with Gasteiger partial charge in [-0.1, -0.05) is 12.1 Å². The van der Waals surface area contributed by atoms with E-state index >= 15 is 0 Å². The smallest absolute Gasteiger partial charge is 0.257 e. The summed E-state index contributed by atoms with van der Waals surface area (Å²) < 4.78 is 5.32. The lowest BCUT2D eigenvalue weighted by Crippen LogP contribution is -2.35. The van der Waals surface area contributed by atoms with Gasteiger partial charge in [0.25, 0.3) is 11.8 Å². The van der Waals surface area contributed by atoms with Crippen molar-refractivity contribution in [3.8, 4) is 5.75 Å². The maximum absolute atomic E-state index is 12.5. The van der Waals surface area contributed by atoms with Crippen molar-refractivity contribution in [2.45, 2.75) is 0 Å². The van der Waals surface area contributed by atoms with Crippen LogP contribution >= 0.6 is 0 Å². The number of anilines is 2. The minimum absolute atomic E-state index is 0.0909. The molecule has 0 radical (unpaired) electrons. The molecule has 4 N–H and O–H groups in total. The Kier molecular flexibility index (Phi) is 6.82. The third-order valence-corrected chi connectivity index (χ3v) is 5.10. The number of nitrogens with one attached hydrogen (secondary N) is 4. The summed E-state index contributed by atoms with van der Waals surface area (Å²) in [7, 11) is 1.43. The van der Waals surface area contributed by atoms with Crippen LogP contribution in [0.2, 0.25) is 0 Å². The first-order valence-electron chi connectivity index (χ1n) is 10.5. The Morgan fingerprint density at radius 3 is 2.60 bits per heavy atom. The normalized spacial score (nSPS) is 10.4. The van der Waals surface area contributed by atoms with Crippen molar-refractivity contribution in [3.63, 3.8) is 0 Å². The first-order valence-corrected chi connectivity index (χ1v) is 10.5. The summed E-state index contributed by atoms with van der Waals surface area (Å²) in [5.41, 5.74) is 1.28. The van der Waals surface area contributed by atoms with Crippen LogP contribution in [-0.2, 0) is 4.79 Å². The Bertz CT molecular complexity index is 1470. The summed E-state index contributed by atoms with van der Waals surface area (Å²) in [6.45, 7) is -0.354. The second kappa shape index (κ2) is 10.3. The van der Waals surface area contributed by atoms with Crippen LogP contribution in [0.15, 0.2) is 78.0 Å². The van der Waals surface area contributed by atoms with Gasteiger partial charge < -0.3 is 25.7 Å². The Morgan fingerprint density at radius 1 is 1.00 bits per heavy atom. The van der Waals surface area contributed by atoms with Crippen LogP contribution in [-0.4, -0.2) is 41.3 Å². The van der Waals surface area contributed by atoms with E-state index in [4.69, 9.17) is 4.74 Å². The number of methoxy groups -OCH3 is 1. The number of rotatable bonds is 7. The van der Waals surface area contributed by atoms with Crippen molar-refractivity contribution in [1.29, 1.82) is 0 Å². The number of ether oxygens (including phenoxy) is 1. The van der Waals surface area contributed by atoms with E-state index in [1.807, 2.05) is 0 Å². The second-order valence-electron chi connectivity index (χ2n) is 7.42. The first-order chi connectivity index (χ1) is 17.0. The molecule has 2 aromatic carbocycles. The van der Waals surface area contributed by atoms with E-state index in [2.05, 4.69) is 25.9 Å². The van der Waals surface area contributed by atoms with E-state index in [9.17, 15) is 19.2 Å². The third-order valence-electron chi connectivity index (χ3n) is 5.10. The molecule has 4 rings (SSSR count). The van der Waals surface area contributed by atoms with Gasteiger partial charge in [-0.05, 0) is 36.4 Å². The number of para-hydroxylation sites is 1. The number of fused-ring (bicyclic) bond motifs is 1. The molecule has 35 heavy (non-hydrogen) atoms. The highest BCUT2D eigenvalue weighted by molar-refractivity contribution is 6.05. The molecule has 0 saturated carbocycles. The number of aromatic nitrogens is 2. The van der Waals surface area contributed by atoms with Gasteiger partial charge >= 0.3 is 0 Å². The lowest BCUT2D eigenvalue weighted by atomic mass is 10.1. The zero-order valence-electron chi connectivity index (χ0n) is 18.6. The highest BCUT2D eigenvalue weighted by Gasteiger charge is 2.15. The molecule has 2 aromatic heterocycles. The van der Waals surface area contributed by atoms with Crippen molar-refractivity contribution >= 4 is 40.0 Å². The van der Waals surface area contributed by atoms with Gasteiger partial charge in [-0.25, -0.2) is 0 Å². The van der Waals surface area contributed by atoms with Crippen LogP contribution in [0.1, 0.15) is 20.7 Å². The van der Waals surface area contributed by atoms with Gasteiger partial charge in [0.15, 0.2) is 0 Å². The Hall–Kier alpha value is -4.99. The van der Waals surface area contributed by atoms with Gasteiger partial charge in [0.2, 0.25) is 11.3 Å². The molecular formula is C25H21N5O5. The molecule has 0 atom stereocenters. The highest BCUT2D eigenvalue weighted by atomic mass is 16.5. The molecule has 176 valence electrons. The van der Waals surface area contributed by atoms with Crippen molar-refractivity contribution < 1.29 is 19.1 Å². The van der Waals surface area contributed by atoms with Gasteiger partial charge in [-0.2, -0.15) is 0 Å². The van der Waals surface area contributed by atoms with Crippen LogP contribution in [0.3, 0.4) is 0 Å². The summed E-state index contributed by atoms with van der Waals surface area (Å²) in [6, 6.07) is 14.8. The summed E-state index contributed by atoms with van der Waals surface area (Å²) in [5.74, 6) is -1.21. The zero-order chi connectivity index (χ0) is 24.8. The van der Waals surface area contributed by atoms with E-state index < -0.39 is 17.2 Å². The van der Waals surface area contributed by atoms with Gasteiger partial charge in [0.1, 0.15) is 11.3 Å². The number of H-pyrrole nitrogens is 1. The molecule has 10 nitrogen and oxygen atoms in total. The monoisotopic (exact) mass is 471 g/mol.